The zero-order chi connectivity index (χ0) is 28.0. The summed E-state index contributed by atoms with van der Waals surface area (Å²) in [6.45, 7) is 4.13. The van der Waals surface area contributed by atoms with Crippen LogP contribution in [0.1, 0.15) is 46.2 Å². The molecule has 8 nitrogen and oxygen atoms in total. The third kappa shape index (κ3) is 8.02. The maximum atomic E-state index is 13.2. The summed E-state index contributed by atoms with van der Waals surface area (Å²) in [6, 6.07) is 23.0. The molecule has 5 N–H and O–H groups in total. The maximum Gasteiger partial charge on any atom is 0.220 e. The van der Waals surface area contributed by atoms with Crippen LogP contribution in [0.15, 0.2) is 72.8 Å². The Bertz CT molecular complexity index is 1530. The summed E-state index contributed by atoms with van der Waals surface area (Å²) in [6.07, 6.45) is 2.45. The van der Waals surface area contributed by atoms with Crippen LogP contribution in [-0.2, 0) is 34.2 Å². The Morgan fingerprint density at radius 3 is 2.41 bits per heavy atom. The first kappa shape index (κ1) is 28.1. The number of rotatable bonds is 11. The van der Waals surface area contributed by atoms with E-state index in [1.807, 2.05) is 86.6 Å². The van der Waals surface area contributed by atoms with Gasteiger partial charge in [-0.15, -0.1) is 0 Å². The maximum absolute atomic E-state index is 13.2. The largest absolute Gasteiger partial charge is 0.399 e. The van der Waals surface area contributed by atoms with E-state index >= 15 is 0 Å². The molecule has 3 aromatic carbocycles. The van der Waals surface area contributed by atoms with Crippen molar-refractivity contribution >= 4 is 21.6 Å². The van der Waals surface area contributed by atoms with Crippen LogP contribution < -0.4 is 15.8 Å². The SMILES string of the molecule is Cc1ccc(CNS(C)(=O)=O)c(CCC(=O)N[C@@H](Cc2ccccc2)c2nc(-c3ccc(N)cc3)c(C)[nH]2)c1. The highest BCUT2D eigenvalue weighted by atomic mass is 32.2. The number of nitrogen functional groups attached to an aromatic ring is 1. The number of aromatic nitrogens is 2. The van der Waals surface area contributed by atoms with E-state index in [-0.39, 0.29) is 24.9 Å². The van der Waals surface area contributed by atoms with Gasteiger partial charge < -0.3 is 16.0 Å². The lowest BCUT2D eigenvalue weighted by atomic mass is 9.99. The van der Waals surface area contributed by atoms with Gasteiger partial charge in [0.2, 0.25) is 15.9 Å². The number of hydrogen-bond acceptors (Lipinski definition) is 5. The number of H-pyrrole nitrogens is 1. The number of sulfonamides is 1. The number of aryl methyl sites for hydroxylation is 3. The summed E-state index contributed by atoms with van der Waals surface area (Å²) in [5.74, 6) is 0.577. The zero-order valence-electron chi connectivity index (χ0n) is 22.5. The van der Waals surface area contributed by atoms with Gasteiger partial charge in [0.05, 0.1) is 18.0 Å². The summed E-state index contributed by atoms with van der Waals surface area (Å²) < 4.78 is 25.7. The van der Waals surface area contributed by atoms with E-state index in [2.05, 4.69) is 15.0 Å². The van der Waals surface area contributed by atoms with Crippen molar-refractivity contribution in [3.8, 4) is 11.3 Å². The van der Waals surface area contributed by atoms with Crippen LogP contribution in [0.3, 0.4) is 0 Å². The standard InChI is InChI=1S/C30H35N5O3S/c1-20-9-10-25(19-32-39(3,37)38)24(17-20)13-16-28(36)34-27(18-22-7-5-4-6-8-22)30-33-21(2)29(35-30)23-11-14-26(31)15-12-23/h4-12,14-15,17,27,32H,13,16,18-19,31H2,1-3H3,(H,33,35)(H,34,36)/t27-/m0/s1. The first-order valence-corrected chi connectivity index (χ1v) is 14.8. The molecule has 0 radical (unpaired) electrons. The predicted molar refractivity (Wildman–Crippen MR) is 155 cm³/mol. The van der Waals surface area contributed by atoms with Crippen LogP contribution in [0.2, 0.25) is 0 Å². The molecule has 0 bridgehead atoms. The van der Waals surface area contributed by atoms with Crippen molar-refractivity contribution < 1.29 is 13.2 Å². The molecule has 4 aromatic rings. The predicted octanol–water partition coefficient (Wildman–Crippen LogP) is 4.36. The number of aromatic amines is 1. The molecule has 1 aromatic heterocycles. The van der Waals surface area contributed by atoms with Gasteiger partial charge in [0.15, 0.2) is 0 Å². The van der Waals surface area contributed by atoms with Crippen molar-refractivity contribution in [2.24, 2.45) is 0 Å². The van der Waals surface area contributed by atoms with Gasteiger partial charge >= 0.3 is 0 Å². The molecular weight excluding hydrogens is 510 g/mol. The zero-order valence-corrected chi connectivity index (χ0v) is 23.3. The van der Waals surface area contributed by atoms with Gasteiger partial charge in [-0.2, -0.15) is 0 Å². The lowest BCUT2D eigenvalue weighted by molar-refractivity contribution is -0.121. The molecule has 204 valence electrons. The van der Waals surface area contributed by atoms with Crippen molar-refractivity contribution in [3.63, 3.8) is 0 Å². The van der Waals surface area contributed by atoms with Crippen LogP contribution in [0.4, 0.5) is 5.69 Å². The minimum atomic E-state index is -3.33. The Labute approximate surface area is 230 Å². The number of nitrogens with two attached hydrogens (primary N) is 1. The number of amides is 1. The number of imidazole rings is 1. The highest BCUT2D eigenvalue weighted by molar-refractivity contribution is 7.88. The smallest absolute Gasteiger partial charge is 0.220 e. The van der Waals surface area contributed by atoms with Gasteiger partial charge in [-0.25, -0.2) is 18.1 Å². The molecule has 1 atom stereocenters. The second-order valence-electron chi connectivity index (χ2n) is 9.89. The Morgan fingerprint density at radius 1 is 1.00 bits per heavy atom. The van der Waals surface area contributed by atoms with Crippen LogP contribution in [0, 0.1) is 13.8 Å². The van der Waals surface area contributed by atoms with Gasteiger partial charge in [0, 0.05) is 29.9 Å². The topological polar surface area (TPSA) is 130 Å². The van der Waals surface area contributed by atoms with Crippen molar-refractivity contribution in [2.75, 3.05) is 12.0 Å². The Morgan fingerprint density at radius 2 is 1.72 bits per heavy atom. The number of carbonyl (C=O) groups is 1. The van der Waals surface area contributed by atoms with E-state index in [9.17, 15) is 13.2 Å². The van der Waals surface area contributed by atoms with Crippen molar-refractivity contribution in [1.82, 2.24) is 20.0 Å². The van der Waals surface area contributed by atoms with Crippen LogP contribution in [-0.4, -0.2) is 30.5 Å². The molecule has 0 spiro atoms. The Kier molecular flexibility index (Phi) is 8.83. The molecule has 0 saturated carbocycles. The van der Waals surface area contributed by atoms with Crippen molar-refractivity contribution in [2.45, 2.75) is 45.7 Å². The third-order valence-electron chi connectivity index (χ3n) is 6.54. The second kappa shape index (κ2) is 12.3. The minimum absolute atomic E-state index is 0.109. The molecule has 1 heterocycles. The minimum Gasteiger partial charge on any atom is -0.399 e. The van der Waals surface area contributed by atoms with Gasteiger partial charge in [-0.1, -0.05) is 66.2 Å². The molecule has 9 heteroatoms. The monoisotopic (exact) mass is 545 g/mol. The van der Waals surface area contributed by atoms with Gasteiger partial charge in [0.1, 0.15) is 5.82 Å². The highest BCUT2D eigenvalue weighted by Gasteiger charge is 2.21. The molecule has 0 unspecified atom stereocenters. The quantitative estimate of drug-likeness (QED) is 0.208. The lowest BCUT2D eigenvalue weighted by Crippen LogP contribution is -2.31. The molecule has 0 saturated heterocycles. The van der Waals surface area contributed by atoms with Gasteiger partial charge in [-0.3, -0.25) is 4.79 Å². The number of anilines is 1. The highest BCUT2D eigenvalue weighted by Crippen LogP contribution is 2.26. The molecule has 1 amide bonds. The van der Waals surface area contributed by atoms with E-state index in [0.29, 0.717) is 24.4 Å². The first-order chi connectivity index (χ1) is 18.6. The summed E-state index contributed by atoms with van der Waals surface area (Å²) in [4.78, 5) is 21.5. The van der Waals surface area contributed by atoms with E-state index in [0.717, 1.165) is 45.5 Å². The van der Waals surface area contributed by atoms with Crippen LogP contribution >= 0.6 is 0 Å². The molecule has 4 rings (SSSR count). The Hall–Kier alpha value is -3.95. The molecular formula is C30H35N5O3S. The summed E-state index contributed by atoms with van der Waals surface area (Å²) in [7, 11) is -3.33. The van der Waals surface area contributed by atoms with E-state index < -0.39 is 10.0 Å². The molecule has 39 heavy (non-hydrogen) atoms. The average Bonchev–Trinajstić information content (AvgIpc) is 3.28. The average molecular weight is 546 g/mol. The van der Waals surface area contributed by atoms with Gasteiger partial charge in [-0.05, 0) is 55.5 Å². The number of benzene rings is 3. The molecule has 0 aliphatic carbocycles. The van der Waals surface area contributed by atoms with Crippen molar-refractivity contribution in [1.29, 1.82) is 0 Å². The lowest BCUT2D eigenvalue weighted by Gasteiger charge is -2.18. The number of nitrogens with one attached hydrogen (secondary N) is 3. The molecule has 0 aliphatic heterocycles. The third-order valence-corrected chi connectivity index (χ3v) is 7.21. The van der Waals surface area contributed by atoms with Crippen LogP contribution in [0.5, 0.6) is 0 Å². The Balaban J connectivity index is 1.52. The number of hydrogen-bond donors (Lipinski definition) is 4. The van der Waals surface area contributed by atoms with E-state index in [4.69, 9.17) is 10.7 Å². The summed E-state index contributed by atoms with van der Waals surface area (Å²) >= 11 is 0. The van der Waals surface area contributed by atoms with E-state index in [1.165, 1.54) is 0 Å². The van der Waals surface area contributed by atoms with Crippen LogP contribution in [0.25, 0.3) is 11.3 Å². The summed E-state index contributed by atoms with van der Waals surface area (Å²) in [5, 5.41) is 3.18. The number of carbonyl (C=O) groups excluding carboxylic acids is 1. The van der Waals surface area contributed by atoms with Gasteiger partial charge in [0.25, 0.3) is 0 Å². The summed E-state index contributed by atoms with van der Waals surface area (Å²) in [5.41, 5.74) is 13.2. The second-order valence-corrected chi connectivity index (χ2v) is 11.7. The normalized spacial score (nSPS) is 12.3. The van der Waals surface area contributed by atoms with Crippen molar-refractivity contribution in [3.05, 3.63) is 107 Å². The van der Waals surface area contributed by atoms with E-state index in [1.54, 1.807) is 0 Å². The molecule has 0 fully saturated rings. The number of nitrogens with zero attached hydrogens (tertiary/aromatic N) is 1. The molecule has 0 aliphatic rings. The first-order valence-electron chi connectivity index (χ1n) is 12.9. The fraction of sp³-hybridized carbons (Fsp3) is 0.267. The fourth-order valence-electron chi connectivity index (χ4n) is 4.52. The fourth-order valence-corrected chi connectivity index (χ4v) is 4.94.